The molecule has 1 fully saturated rings. The number of pyridine rings is 1. The third kappa shape index (κ3) is 4.21. The lowest BCUT2D eigenvalue weighted by Crippen LogP contribution is -2.35. The van der Waals surface area contributed by atoms with Gasteiger partial charge in [-0.15, -0.1) is 0 Å². The van der Waals surface area contributed by atoms with Crippen LogP contribution < -0.4 is 0 Å². The maximum absolute atomic E-state index is 13.5. The van der Waals surface area contributed by atoms with Crippen LogP contribution in [0, 0.1) is 12.7 Å². The van der Waals surface area contributed by atoms with E-state index in [0.29, 0.717) is 35.4 Å². The van der Waals surface area contributed by atoms with Gasteiger partial charge in [0.05, 0.1) is 16.6 Å². The van der Waals surface area contributed by atoms with E-state index in [4.69, 9.17) is 4.52 Å². The summed E-state index contributed by atoms with van der Waals surface area (Å²) in [6.45, 7) is 9.70. The van der Waals surface area contributed by atoms with E-state index in [9.17, 15) is 9.18 Å². The second kappa shape index (κ2) is 8.52. The molecule has 0 radical (unpaired) electrons. The van der Waals surface area contributed by atoms with Crippen molar-refractivity contribution in [3.63, 3.8) is 0 Å². The fraction of sp³-hybridized carbons (Fsp3) is 0.435. The molecule has 6 nitrogen and oxygen atoms in total. The molecule has 0 N–H and O–H groups in total. The molecule has 4 rings (SSSR count). The summed E-state index contributed by atoms with van der Waals surface area (Å²) >= 11 is 0. The highest BCUT2D eigenvalue weighted by molar-refractivity contribution is 6.06. The predicted molar refractivity (Wildman–Crippen MR) is 113 cm³/mol. The molecule has 7 heteroatoms. The fourth-order valence-corrected chi connectivity index (χ4v) is 3.93. The Kier molecular flexibility index (Phi) is 5.81. The number of amides is 1. The molecule has 1 amide bonds. The summed E-state index contributed by atoms with van der Waals surface area (Å²) < 4.78 is 18.5. The van der Waals surface area contributed by atoms with Crippen LogP contribution in [-0.4, -0.2) is 52.0 Å². The lowest BCUT2D eigenvalue weighted by Gasteiger charge is -2.22. The van der Waals surface area contributed by atoms with E-state index in [-0.39, 0.29) is 17.6 Å². The van der Waals surface area contributed by atoms with Crippen LogP contribution >= 0.6 is 0 Å². The summed E-state index contributed by atoms with van der Waals surface area (Å²) in [5, 5.41) is 4.73. The van der Waals surface area contributed by atoms with Crippen LogP contribution in [0.25, 0.3) is 11.1 Å². The first-order valence-corrected chi connectivity index (χ1v) is 10.5. The van der Waals surface area contributed by atoms with Crippen LogP contribution in [0.15, 0.2) is 34.9 Å². The SMILES string of the molecule is Cc1noc2nc(C(C)C)cc(C(=O)N3CCCN(Cc4ccc(F)cc4)CC3)c12. The average molecular weight is 410 g/mol. The van der Waals surface area contributed by atoms with Crippen LogP contribution in [-0.2, 0) is 6.54 Å². The highest BCUT2D eigenvalue weighted by atomic mass is 19.1. The number of halogens is 1. The molecule has 2 aromatic heterocycles. The van der Waals surface area contributed by atoms with Crippen molar-refractivity contribution in [1.82, 2.24) is 19.9 Å². The van der Waals surface area contributed by atoms with Crippen LogP contribution in [0.5, 0.6) is 0 Å². The van der Waals surface area contributed by atoms with E-state index in [2.05, 4.69) is 15.0 Å². The zero-order chi connectivity index (χ0) is 21.3. The minimum absolute atomic E-state index is 0.000711. The van der Waals surface area contributed by atoms with Gasteiger partial charge in [0.1, 0.15) is 5.82 Å². The highest BCUT2D eigenvalue weighted by Crippen LogP contribution is 2.26. The van der Waals surface area contributed by atoms with Crippen molar-refractivity contribution in [1.29, 1.82) is 0 Å². The standard InChI is InChI=1S/C23H27FN4O2/c1-15(2)20-13-19(21-16(3)26-30-22(21)25-20)23(29)28-10-4-9-27(11-12-28)14-17-5-7-18(24)8-6-17/h5-8,13,15H,4,9-12,14H2,1-3H3. The Labute approximate surface area is 175 Å². The molecule has 30 heavy (non-hydrogen) atoms. The summed E-state index contributed by atoms with van der Waals surface area (Å²) in [7, 11) is 0. The number of hydrogen-bond donors (Lipinski definition) is 0. The van der Waals surface area contributed by atoms with Gasteiger partial charge in [-0.3, -0.25) is 9.69 Å². The summed E-state index contributed by atoms with van der Waals surface area (Å²) in [6, 6.07) is 8.51. The van der Waals surface area contributed by atoms with Gasteiger partial charge in [0, 0.05) is 38.4 Å². The summed E-state index contributed by atoms with van der Waals surface area (Å²) in [5.74, 6) is -0.0410. The fourth-order valence-electron chi connectivity index (χ4n) is 3.93. The van der Waals surface area contributed by atoms with Crippen LogP contribution in [0.1, 0.15) is 53.5 Å². The highest BCUT2D eigenvalue weighted by Gasteiger charge is 2.25. The molecule has 0 saturated carbocycles. The molecular weight excluding hydrogens is 383 g/mol. The van der Waals surface area contributed by atoms with Gasteiger partial charge in [-0.2, -0.15) is 0 Å². The summed E-state index contributed by atoms with van der Waals surface area (Å²) in [5.41, 5.74) is 3.64. The van der Waals surface area contributed by atoms with Gasteiger partial charge in [0.25, 0.3) is 11.6 Å². The maximum Gasteiger partial charge on any atom is 0.259 e. The Balaban J connectivity index is 1.53. The maximum atomic E-state index is 13.5. The Hall–Kier alpha value is -2.80. The number of aromatic nitrogens is 2. The van der Waals surface area contributed by atoms with E-state index in [0.717, 1.165) is 37.3 Å². The van der Waals surface area contributed by atoms with Crippen LogP contribution in [0.3, 0.4) is 0 Å². The Morgan fingerprint density at radius 2 is 1.93 bits per heavy atom. The monoisotopic (exact) mass is 410 g/mol. The Bertz CT molecular complexity index is 1050. The number of aryl methyl sites for hydroxylation is 1. The van der Waals surface area contributed by atoms with Crippen molar-refractivity contribution in [2.75, 3.05) is 26.2 Å². The summed E-state index contributed by atoms with van der Waals surface area (Å²) in [4.78, 5) is 22.2. The molecule has 0 unspecified atom stereocenters. The second-order valence-corrected chi connectivity index (χ2v) is 8.25. The minimum Gasteiger partial charge on any atom is -0.337 e. The number of benzene rings is 1. The van der Waals surface area contributed by atoms with Gasteiger partial charge in [0.2, 0.25) is 0 Å². The Morgan fingerprint density at radius 1 is 1.17 bits per heavy atom. The van der Waals surface area contributed by atoms with Crippen molar-refractivity contribution < 1.29 is 13.7 Å². The van der Waals surface area contributed by atoms with Gasteiger partial charge in [0.15, 0.2) is 0 Å². The largest absolute Gasteiger partial charge is 0.337 e. The number of nitrogens with zero attached hydrogens (tertiary/aromatic N) is 4. The predicted octanol–water partition coefficient (Wildman–Crippen LogP) is 4.14. The third-order valence-electron chi connectivity index (χ3n) is 5.65. The van der Waals surface area contributed by atoms with Gasteiger partial charge in [-0.1, -0.05) is 31.1 Å². The van der Waals surface area contributed by atoms with Crippen LogP contribution in [0.2, 0.25) is 0 Å². The molecule has 0 bridgehead atoms. The van der Waals surface area contributed by atoms with Crippen molar-refractivity contribution in [3.05, 3.63) is 58.7 Å². The average Bonchev–Trinajstić information content (AvgIpc) is 2.95. The van der Waals surface area contributed by atoms with Crippen molar-refractivity contribution in [2.24, 2.45) is 0 Å². The topological polar surface area (TPSA) is 62.5 Å². The van der Waals surface area contributed by atoms with E-state index in [1.807, 2.05) is 43.9 Å². The second-order valence-electron chi connectivity index (χ2n) is 8.25. The number of carbonyl (C=O) groups excluding carboxylic acids is 1. The van der Waals surface area contributed by atoms with Gasteiger partial charge in [-0.05, 0) is 43.0 Å². The summed E-state index contributed by atoms with van der Waals surface area (Å²) in [6.07, 6.45) is 0.890. The zero-order valence-corrected chi connectivity index (χ0v) is 17.7. The first kappa shape index (κ1) is 20.5. The molecule has 1 saturated heterocycles. The smallest absolute Gasteiger partial charge is 0.259 e. The number of carbonyl (C=O) groups is 1. The van der Waals surface area contributed by atoms with E-state index >= 15 is 0 Å². The Morgan fingerprint density at radius 3 is 2.67 bits per heavy atom. The van der Waals surface area contributed by atoms with Crippen molar-refractivity contribution in [3.8, 4) is 0 Å². The van der Waals surface area contributed by atoms with E-state index in [1.165, 1.54) is 12.1 Å². The molecule has 3 heterocycles. The number of fused-ring (bicyclic) bond motifs is 1. The van der Waals surface area contributed by atoms with E-state index < -0.39 is 0 Å². The van der Waals surface area contributed by atoms with Crippen LogP contribution in [0.4, 0.5) is 4.39 Å². The van der Waals surface area contributed by atoms with E-state index in [1.54, 1.807) is 0 Å². The lowest BCUT2D eigenvalue weighted by atomic mass is 10.0. The quantitative estimate of drug-likeness (QED) is 0.647. The minimum atomic E-state index is -0.222. The first-order valence-electron chi connectivity index (χ1n) is 10.5. The van der Waals surface area contributed by atoms with Crippen molar-refractivity contribution in [2.45, 2.75) is 39.7 Å². The first-order chi connectivity index (χ1) is 14.4. The molecule has 1 aliphatic rings. The number of rotatable bonds is 4. The van der Waals surface area contributed by atoms with Gasteiger partial charge in [-0.25, -0.2) is 9.37 Å². The van der Waals surface area contributed by atoms with Gasteiger partial charge < -0.3 is 9.42 Å². The number of hydrogen-bond acceptors (Lipinski definition) is 5. The molecule has 0 aliphatic carbocycles. The molecule has 158 valence electrons. The molecular formula is C23H27FN4O2. The lowest BCUT2D eigenvalue weighted by molar-refractivity contribution is 0.0762. The molecule has 1 aromatic carbocycles. The molecule has 1 aliphatic heterocycles. The van der Waals surface area contributed by atoms with Crippen molar-refractivity contribution >= 4 is 17.0 Å². The third-order valence-corrected chi connectivity index (χ3v) is 5.65. The molecule has 0 atom stereocenters. The van der Waals surface area contributed by atoms with Gasteiger partial charge >= 0.3 is 0 Å². The molecule has 3 aromatic rings. The zero-order valence-electron chi connectivity index (χ0n) is 17.7. The normalized spacial score (nSPS) is 15.7. The molecule has 0 spiro atoms.